The number of nitrogens with one attached hydrogen (secondary N) is 1. The molecule has 1 amide bonds. The Hall–Kier alpha value is -1.37. The third-order valence-electron chi connectivity index (χ3n) is 1.06. The van der Waals surface area contributed by atoms with Crippen molar-refractivity contribution in [3.8, 4) is 0 Å². The fraction of sp³-hybridized carbons (Fsp3) is 0.333. The summed E-state index contributed by atoms with van der Waals surface area (Å²) >= 11 is 1.32. The first-order chi connectivity index (χ1) is 6.29. The van der Waals surface area contributed by atoms with Crippen LogP contribution >= 0.6 is 11.8 Å². The first-order valence-electron chi connectivity index (χ1n) is 3.50. The lowest BCUT2D eigenvalue weighted by Crippen LogP contribution is -2.22. The van der Waals surface area contributed by atoms with Crippen LogP contribution in [0.5, 0.6) is 0 Å². The van der Waals surface area contributed by atoms with Crippen molar-refractivity contribution < 1.29 is 9.90 Å². The molecule has 0 aliphatic heterocycles. The van der Waals surface area contributed by atoms with Crippen LogP contribution in [-0.4, -0.2) is 33.6 Å². The number of carbonyl (C=O) groups is 1. The van der Waals surface area contributed by atoms with E-state index in [1.165, 1.54) is 24.2 Å². The van der Waals surface area contributed by atoms with Gasteiger partial charge in [-0.1, -0.05) is 11.8 Å². The van der Waals surface area contributed by atoms with E-state index in [-0.39, 0.29) is 0 Å². The summed E-state index contributed by atoms with van der Waals surface area (Å²) in [6.45, 7) is 0.311. The molecule has 1 aromatic heterocycles. The molecule has 1 radical (unpaired) electrons. The summed E-state index contributed by atoms with van der Waals surface area (Å²) in [6, 6.07) is 0. The average Bonchev–Trinajstić information content (AvgIpc) is 2.14. The fourth-order valence-corrected chi connectivity index (χ4v) is 1.22. The van der Waals surface area contributed by atoms with Crippen LogP contribution in [0.25, 0.3) is 0 Å². The molecule has 0 aliphatic rings. The molecule has 1 N–H and O–H groups in total. The summed E-state index contributed by atoms with van der Waals surface area (Å²) in [5, 5.41) is 19.9. The van der Waals surface area contributed by atoms with E-state index in [0.29, 0.717) is 17.5 Å². The van der Waals surface area contributed by atoms with Crippen molar-refractivity contribution in [1.29, 1.82) is 0 Å². The summed E-state index contributed by atoms with van der Waals surface area (Å²) in [7, 11) is 0. The zero-order valence-corrected chi connectivity index (χ0v) is 7.45. The van der Waals surface area contributed by atoms with Gasteiger partial charge < -0.3 is 5.32 Å². The SMILES string of the molecule is [O]C(=O)NCCSc1nccnn1. The van der Waals surface area contributed by atoms with Crippen LogP contribution in [0.15, 0.2) is 17.6 Å². The molecule has 0 aromatic carbocycles. The first kappa shape index (κ1) is 9.72. The number of aromatic nitrogens is 3. The van der Waals surface area contributed by atoms with Crippen LogP contribution in [0.1, 0.15) is 0 Å². The highest BCUT2D eigenvalue weighted by atomic mass is 32.2. The Labute approximate surface area is 78.8 Å². The molecule has 0 fully saturated rings. The number of nitrogens with zero attached hydrogens (tertiary/aromatic N) is 3. The lowest BCUT2D eigenvalue weighted by atomic mass is 10.7. The van der Waals surface area contributed by atoms with Gasteiger partial charge in [-0.15, -0.1) is 5.10 Å². The Morgan fingerprint density at radius 2 is 2.38 bits per heavy atom. The zero-order chi connectivity index (χ0) is 9.52. The van der Waals surface area contributed by atoms with Crippen LogP contribution < -0.4 is 5.32 Å². The van der Waals surface area contributed by atoms with E-state index in [0.717, 1.165) is 0 Å². The number of carbonyl (C=O) groups excluding carboxylic acids is 1. The van der Waals surface area contributed by atoms with Crippen molar-refractivity contribution in [1.82, 2.24) is 20.5 Å². The number of thioether (sulfide) groups is 1. The van der Waals surface area contributed by atoms with Crippen molar-refractivity contribution in [3.05, 3.63) is 12.4 Å². The molecule has 69 valence electrons. The molecule has 0 aliphatic carbocycles. The van der Waals surface area contributed by atoms with E-state index in [1.807, 2.05) is 0 Å². The molecule has 1 aromatic rings. The van der Waals surface area contributed by atoms with Gasteiger partial charge in [0.2, 0.25) is 5.16 Å². The highest BCUT2D eigenvalue weighted by Crippen LogP contribution is 2.07. The minimum atomic E-state index is -1.27. The predicted octanol–water partition coefficient (Wildman–Crippen LogP) is 0.104. The quantitative estimate of drug-likeness (QED) is 0.549. The third-order valence-corrected chi connectivity index (χ3v) is 1.92. The molecular formula is C6H7N4O2S. The first-order valence-corrected chi connectivity index (χ1v) is 4.49. The maximum Gasteiger partial charge on any atom is 0.450 e. The largest absolute Gasteiger partial charge is 0.450 e. The van der Waals surface area contributed by atoms with Gasteiger partial charge in [-0.2, -0.15) is 5.10 Å². The summed E-state index contributed by atoms with van der Waals surface area (Å²) in [5.41, 5.74) is 0. The van der Waals surface area contributed by atoms with E-state index >= 15 is 0 Å². The molecule has 0 saturated heterocycles. The van der Waals surface area contributed by atoms with E-state index in [9.17, 15) is 9.90 Å². The Morgan fingerprint density at radius 1 is 1.54 bits per heavy atom. The second-order valence-corrected chi connectivity index (χ2v) is 3.05. The van der Waals surface area contributed by atoms with Gasteiger partial charge in [-0.3, -0.25) is 0 Å². The van der Waals surface area contributed by atoms with Crippen molar-refractivity contribution >= 4 is 17.9 Å². The Bertz CT molecular complexity index is 269. The maximum absolute atomic E-state index is 9.94. The van der Waals surface area contributed by atoms with Crippen molar-refractivity contribution in [3.63, 3.8) is 0 Å². The van der Waals surface area contributed by atoms with E-state index in [1.54, 1.807) is 0 Å². The maximum atomic E-state index is 9.94. The second kappa shape index (κ2) is 5.31. The highest BCUT2D eigenvalue weighted by molar-refractivity contribution is 7.99. The third kappa shape index (κ3) is 4.26. The van der Waals surface area contributed by atoms with Crippen LogP contribution in [-0.2, 0) is 5.11 Å². The number of hydrogen-bond acceptors (Lipinski definition) is 5. The highest BCUT2D eigenvalue weighted by Gasteiger charge is 1.98. The summed E-state index contributed by atoms with van der Waals surface area (Å²) in [5.74, 6) is 0.555. The Morgan fingerprint density at radius 3 is 3.00 bits per heavy atom. The molecule has 1 rings (SSSR count). The van der Waals surface area contributed by atoms with Crippen LogP contribution in [0.4, 0.5) is 4.79 Å². The van der Waals surface area contributed by atoms with Gasteiger partial charge in [-0.05, 0) is 0 Å². The topological polar surface area (TPSA) is 87.7 Å². The molecule has 1 heterocycles. The number of amides is 1. The summed E-state index contributed by atoms with van der Waals surface area (Å²) < 4.78 is 0. The molecule has 7 heteroatoms. The number of rotatable bonds is 4. The smallest absolute Gasteiger partial charge is 0.318 e. The molecule has 0 spiro atoms. The standard InChI is InChI=1S/C6H7N4O2S/c11-6(12)8-3-4-13-5-7-1-2-9-10-5/h1-2,8H,3-4H2. The van der Waals surface area contributed by atoms with Gasteiger partial charge in [0.15, 0.2) is 0 Å². The van der Waals surface area contributed by atoms with Crippen molar-refractivity contribution in [2.24, 2.45) is 0 Å². The Kier molecular flexibility index (Phi) is 3.97. The summed E-state index contributed by atoms with van der Waals surface area (Å²) in [4.78, 5) is 13.8. The number of hydrogen-bond donors (Lipinski definition) is 1. The van der Waals surface area contributed by atoms with Gasteiger partial charge in [0.05, 0.1) is 12.4 Å². The molecule has 0 unspecified atom stereocenters. The van der Waals surface area contributed by atoms with Crippen LogP contribution in [0.3, 0.4) is 0 Å². The lowest BCUT2D eigenvalue weighted by molar-refractivity contribution is 0.169. The normalized spacial score (nSPS) is 9.54. The van der Waals surface area contributed by atoms with Gasteiger partial charge in [0.25, 0.3) is 0 Å². The molecule has 0 bridgehead atoms. The van der Waals surface area contributed by atoms with E-state index in [4.69, 9.17) is 0 Å². The molecular weight excluding hydrogens is 192 g/mol. The van der Waals surface area contributed by atoms with E-state index in [2.05, 4.69) is 20.5 Å². The minimum absolute atomic E-state index is 0.311. The molecule has 0 saturated carbocycles. The molecule has 0 atom stereocenters. The van der Waals surface area contributed by atoms with Gasteiger partial charge in [0, 0.05) is 12.3 Å². The van der Waals surface area contributed by atoms with Gasteiger partial charge in [-0.25, -0.2) is 14.9 Å². The second-order valence-electron chi connectivity index (χ2n) is 1.99. The van der Waals surface area contributed by atoms with Crippen molar-refractivity contribution in [2.75, 3.05) is 12.3 Å². The van der Waals surface area contributed by atoms with Gasteiger partial charge >= 0.3 is 6.09 Å². The lowest BCUT2D eigenvalue weighted by Gasteiger charge is -1.97. The predicted molar refractivity (Wildman–Crippen MR) is 44.6 cm³/mol. The molecule has 13 heavy (non-hydrogen) atoms. The average molecular weight is 199 g/mol. The monoisotopic (exact) mass is 199 g/mol. The minimum Gasteiger partial charge on any atom is -0.318 e. The summed E-state index contributed by atoms with van der Waals surface area (Å²) in [6.07, 6.45) is 1.73. The van der Waals surface area contributed by atoms with Crippen LogP contribution in [0, 0.1) is 0 Å². The zero-order valence-electron chi connectivity index (χ0n) is 6.64. The van der Waals surface area contributed by atoms with Gasteiger partial charge in [0.1, 0.15) is 0 Å². The van der Waals surface area contributed by atoms with E-state index < -0.39 is 6.09 Å². The fourth-order valence-electron chi connectivity index (χ4n) is 0.597. The van der Waals surface area contributed by atoms with Crippen LogP contribution in [0.2, 0.25) is 0 Å². The van der Waals surface area contributed by atoms with Crippen molar-refractivity contribution in [2.45, 2.75) is 5.16 Å². The Balaban J connectivity index is 2.17. The molecule has 6 nitrogen and oxygen atoms in total.